The highest BCUT2D eigenvalue weighted by Gasteiger charge is 2.37. The Bertz CT molecular complexity index is 380. The van der Waals surface area contributed by atoms with Crippen molar-refractivity contribution in [3.63, 3.8) is 0 Å². The van der Waals surface area contributed by atoms with E-state index in [0.29, 0.717) is 0 Å². The number of hydrogen-bond acceptors (Lipinski definition) is 2. The number of hydrogen-bond donors (Lipinski definition) is 1. The van der Waals surface area contributed by atoms with E-state index >= 15 is 0 Å². The summed E-state index contributed by atoms with van der Waals surface area (Å²) in [5.74, 6) is 0. The third-order valence-corrected chi connectivity index (χ3v) is 3.33. The minimum Gasteiger partial charge on any atom is -0.372 e. The van der Waals surface area contributed by atoms with Crippen LogP contribution in [0.3, 0.4) is 0 Å². The van der Waals surface area contributed by atoms with Crippen LogP contribution in [0.15, 0.2) is 24.3 Å². The molecule has 1 aromatic carbocycles. The zero-order valence-electron chi connectivity index (χ0n) is 10.1. The maximum Gasteiger partial charge on any atom is 0.407 e. The third-order valence-electron chi connectivity index (χ3n) is 3.33. The summed E-state index contributed by atoms with van der Waals surface area (Å²) in [6.45, 7) is 1.95. The molecule has 0 aromatic heterocycles. The molecule has 1 aliphatic rings. The van der Waals surface area contributed by atoms with Crippen molar-refractivity contribution >= 4 is 5.69 Å². The molecule has 1 atom stereocenters. The average molecular weight is 258 g/mol. The summed E-state index contributed by atoms with van der Waals surface area (Å²) in [5, 5.41) is 0. The molecule has 0 radical (unpaired) electrons. The van der Waals surface area contributed by atoms with E-state index in [1.807, 2.05) is 0 Å². The Morgan fingerprint density at radius 2 is 1.56 bits per heavy atom. The van der Waals surface area contributed by atoms with E-state index in [4.69, 9.17) is 5.73 Å². The van der Waals surface area contributed by atoms with Gasteiger partial charge in [0.15, 0.2) is 0 Å². The monoisotopic (exact) mass is 258 g/mol. The van der Waals surface area contributed by atoms with Crippen molar-refractivity contribution in [1.82, 2.24) is 0 Å². The lowest BCUT2D eigenvalue weighted by Crippen LogP contribution is -2.30. The van der Waals surface area contributed by atoms with Gasteiger partial charge in [0.1, 0.15) is 6.04 Å². The number of anilines is 1. The molecule has 1 aromatic rings. The zero-order valence-corrected chi connectivity index (χ0v) is 10.1. The lowest BCUT2D eigenvalue weighted by atomic mass is 10.1. The van der Waals surface area contributed by atoms with Crippen LogP contribution in [0, 0.1) is 0 Å². The largest absolute Gasteiger partial charge is 0.407 e. The van der Waals surface area contributed by atoms with E-state index in [9.17, 15) is 13.2 Å². The van der Waals surface area contributed by atoms with Gasteiger partial charge in [0.2, 0.25) is 0 Å². The minimum absolute atomic E-state index is 0.114. The molecule has 1 saturated heterocycles. The fourth-order valence-corrected chi connectivity index (χ4v) is 2.23. The van der Waals surface area contributed by atoms with Gasteiger partial charge in [-0.2, -0.15) is 13.2 Å². The topological polar surface area (TPSA) is 29.3 Å². The van der Waals surface area contributed by atoms with Crippen LogP contribution in [-0.4, -0.2) is 19.3 Å². The molecule has 18 heavy (non-hydrogen) atoms. The van der Waals surface area contributed by atoms with Gasteiger partial charge in [0.05, 0.1) is 0 Å². The number of alkyl halides is 3. The van der Waals surface area contributed by atoms with Gasteiger partial charge >= 0.3 is 6.18 Å². The molecule has 2 nitrogen and oxygen atoms in total. The normalized spacial score (nSPS) is 18.8. The predicted octanol–water partition coefficient (Wildman–Crippen LogP) is 3.24. The van der Waals surface area contributed by atoms with Crippen LogP contribution in [0.25, 0.3) is 0 Å². The molecule has 100 valence electrons. The van der Waals surface area contributed by atoms with E-state index in [-0.39, 0.29) is 5.56 Å². The average Bonchev–Trinajstić information content (AvgIpc) is 2.38. The van der Waals surface area contributed by atoms with Crippen LogP contribution >= 0.6 is 0 Å². The highest BCUT2D eigenvalue weighted by Crippen LogP contribution is 2.31. The smallest absolute Gasteiger partial charge is 0.372 e. The second kappa shape index (κ2) is 5.18. The summed E-state index contributed by atoms with van der Waals surface area (Å²) in [6, 6.07) is 4.51. The van der Waals surface area contributed by atoms with Gasteiger partial charge in [-0.15, -0.1) is 0 Å². The third kappa shape index (κ3) is 2.96. The number of piperidine rings is 1. The minimum atomic E-state index is -4.38. The van der Waals surface area contributed by atoms with E-state index in [1.54, 1.807) is 12.1 Å². The van der Waals surface area contributed by atoms with Gasteiger partial charge in [-0.1, -0.05) is 12.1 Å². The Hall–Kier alpha value is -1.23. The predicted molar refractivity (Wildman–Crippen MR) is 65.5 cm³/mol. The Morgan fingerprint density at radius 3 is 2.06 bits per heavy atom. The van der Waals surface area contributed by atoms with Crippen LogP contribution < -0.4 is 10.6 Å². The van der Waals surface area contributed by atoms with Crippen LogP contribution in [0.1, 0.15) is 30.9 Å². The van der Waals surface area contributed by atoms with E-state index < -0.39 is 12.2 Å². The Labute approximate surface area is 105 Å². The molecule has 0 unspecified atom stereocenters. The Balaban J connectivity index is 2.09. The first-order valence-electron chi connectivity index (χ1n) is 6.16. The molecule has 0 spiro atoms. The van der Waals surface area contributed by atoms with Crippen LogP contribution in [0.2, 0.25) is 0 Å². The fourth-order valence-electron chi connectivity index (χ4n) is 2.23. The van der Waals surface area contributed by atoms with Crippen molar-refractivity contribution in [3.8, 4) is 0 Å². The molecule has 0 amide bonds. The van der Waals surface area contributed by atoms with Crippen LogP contribution in [0.4, 0.5) is 18.9 Å². The second-order valence-corrected chi connectivity index (χ2v) is 4.66. The van der Waals surface area contributed by atoms with Gasteiger partial charge in [-0.25, -0.2) is 0 Å². The first-order valence-corrected chi connectivity index (χ1v) is 6.16. The second-order valence-electron chi connectivity index (χ2n) is 4.66. The summed E-state index contributed by atoms with van der Waals surface area (Å²) in [5.41, 5.74) is 6.26. The molecule has 1 aliphatic heterocycles. The number of benzene rings is 1. The first-order chi connectivity index (χ1) is 8.48. The summed E-state index contributed by atoms with van der Waals surface area (Å²) < 4.78 is 37.4. The van der Waals surface area contributed by atoms with Crippen molar-refractivity contribution < 1.29 is 13.2 Å². The lowest BCUT2D eigenvalue weighted by molar-refractivity contribution is -0.149. The molecule has 2 N–H and O–H groups in total. The van der Waals surface area contributed by atoms with E-state index in [1.165, 1.54) is 18.6 Å². The SMILES string of the molecule is N[C@@H](c1ccc(N2CCCCC2)cc1)C(F)(F)F. The molecule has 1 fully saturated rings. The van der Waals surface area contributed by atoms with E-state index in [0.717, 1.165) is 31.6 Å². The van der Waals surface area contributed by atoms with Crippen LogP contribution in [-0.2, 0) is 0 Å². The summed E-state index contributed by atoms with van der Waals surface area (Å²) in [4.78, 5) is 2.20. The number of halogens is 3. The molecular weight excluding hydrogens is 241 g/mol. The summed E-state index contributed by atoms with van der Waals surface area (Å²) in [7, 11) is 0. The van der Waals surface area contributed by atoms with Crippen LogP contribution in [0.5, 0.6) is 0 Å². The van der Waals surface area contributed by atoms with Crippen molar-refractivity contribution in [3.05, 3.63) is 29.8 Å². The maximum atomic E-state index is 12.5. The van der Waals surface area contributed by atoms with Crippen molar-refractivity contribution in [2.75, 3.05) is 18.0 Å². The number of nitrogens with two attached hydrogens (primary N) is 1. The highest BCUT2D eigenvalue weighted by molar-refractivity contribution is 5.48. The Kier molecular flexibility index (Phi) is 3.80. The molecule has 2 rings (SSSR count). The molecule has 1 heterocycles. The van der Waals surface area contributed by atoms with Gasteiger partial charge < -0.3 is 10.6 Å². The summed E-state index contributed by atoms with van der Waals surface area (Å²) >= 11 is 0. The maximum absolute atomic E-state index is 12.5. The molecule has 0 bridgehead atoms. The zero-order chi connectivity index (χ0) is 13.2. The van der Waals surface area contributed by atoms with Gasteiger partial charge in [0.25, 0.3) is 0 Å². The molecule has 0 aliphatic carbocycles. The van der Waals surface area contributed by atoms with Crippen molar-refractivity contribution in [1.29, 1.82) is 0 Å². The Morgan fingerprint density at radius 1 is 1.00 bits per heavy atom. The van der Waals surface area contributed by atoms with Gasteiger partial charge in [0, 0.05) is 18.8 Å². The fraction of sp³-hybridized carbons (Fsp3) is 0.538. The number of nitrogens with zero attached hydrogens (tertiary/aromatic N) is 1. The van der Waals surface area contributed by atoms with E-state index in [2.05, 4.69) is 4.90 Å². The molecule has 0 saturated carbocycles. The molecule has 5 heteroatoms. The first kappa shape index (κ1) is 13.2. The highest BCUT2D eigenvalue weighted by atomic mass is 19.4. The lowest BCUT2D eigenvalue weighted by Gasteiger charge is -2.29. The van der Waals surface area contributed by atoms with Crippen molar-refractivity contribution in [2.45, 2.75) is 31.5 Å². The molecular formula is C13H17F3N2. The van der Waals surface area contributed by atoms with Crippen molar-refractivity contribution in [2.24, 2.45) is 5.73 Å². The number of rotatable bonds is 2. The van der Waals surface area contributed by atoms with Gasteiger partial charge in [-0.3, -0.25) is 0 Å². The van der Waals surface area contributed by atoms with Gasteiger partial charge in [-0.05, 0) is 37.0 Å². The quantitative estimate of drug-likeness (QED) is 0.882. The summed E-state index contributed by atoms with van der Waals surface area (Å²) in [6.07, 6.45) is -0.867. The standard InChI is InChI=1S/C13H17F3N2/c14-13(15,16)12(17)10-4-6-11(7-5-10)18-8-2-1-3-9-18/h4-7,12H,1-3,8-9,17H2/t12-/m0/s1.